The second kappa shape index (κ2) is 11.2. The first-order chi connectivity index (χ1) is 17.4. The molecule has 2 aliphatic rings. The topological polar surface area (TPSA) is 38.8 Å². The van der Waals surface area contributed by atoms with E-state index in [4.69, 9.17) is 21.1 Å². The third-order valence-corrected chi connectivity index (χ3v) is 7.82. The Kier molecular flexibility index (Phi) is 8.17. The van der Waals surface area contributed by atoms with Crippen molar-refractivity contribution in [3.63, 3.8) is 0 Å². The Hall–Kier alpha value is -2.99. The third-order valence-electron chi connectivity index (χ3n) is 7.46. The lowest BCUT2D eigenvalue weighted by atomic mass is 10.1. The van der Waals surface area contributed by atoms with Crippen molar-refractivity contribution >= 4 is 29.1 Å². The summed E-state index contributed by atoms with van der Waals surface area (Å²) < 4.78 is 11.8. The van der Waals surface area contributed by atoms with Crippen molar-refractivity contribution in [2.24, 2.45) is 0 Å². The molecule has 0 atom stereocenters. The summed E-state index contributed by atoms with van der Waals surface area (Å²) in [5, 5.41) is 0.853. The quantitative estimate of drug-likeness (QED) is 0.357. The van der Waals surface area contributed by atoms with Gasteiger partial charge < -0.3 is 31.3 Å². The summed E-state index contributed by atoms with van der Waals surface area (Å²) in [6.45, 7) is 5.08. The molecule has 0 bridgehead atoms. The molecule has 3 aromatic rings. The second-order valence-electron chi connectivity index (χ2n) is 9.93. The number of allylic oxidation sites excluding steroid dienone is 1. The molecule has 1 aliphatic heterocycles. The van der Waals surface area contributed by atoms with E-state index in [1.165, 1.54) is 11.3 Å². The first-order valence-corrected chi connectivity index (χ1v) is 12.7. The summed E-state index contributed by atoms with van der Waals surface area (Å²) in [4.78, 5) is 15.5. The van der Waals surface area contributed by atoms with Crippen LogP contribution in [0.1, 0.15) is 27.0 Å². The van der Waals surface area contributed by atoms with E-state index in [0.29, 0.717) is 23.5 Å². The summed E-state index contributed by atoms with van der Waals surface area (Å²) >= 11 is 6.41. The molecule has 1 aliphatic carbocycles. The van der Waals surface area contributed by atoms with Crippen molar-refractivity contribution in [2.75, 3.05) is 52.3 Å². The summed E-state index contributed by atoms with van der Waals surface area (Å²) in [7, 11) is 5.51. The highest BCUT2D eigenvalue weighted by Gasteiger charge is 2.30. The number of Topliss-reactive ketones (excluding diaryl/α,β-unsaturated/α-hetero) is 1. The number of fused-ring (bicyclic) bond motifs is 1. The summed E-state index contributed by atoms with van der Waals surface area (Å²) in [5.74, 6) is 1.29. The van der Waals surface area contributed by atoms with Gasteiger partial charge in [-0.3, -0.25) is 4.79 Å². The van der Waals surface area contributed by atoms with E-state index in [1.807, 2.05) is 24.3 Å². The largest absolute Gasteiger partial charge is 1.00 e. The molecular formula is C30H32Cl2N2O3. The average molecular weight is 540 g/mol. The molecule has 1 saturated heterocycles. The summed E-state index contributed by atoms with van der Waals surface area (Å²) in [6.07, 6.45) is 2.60. The van der Waals surface area contributed by atoms with Gasteiger partial charge in [-0.15, -0.1) is 0 Å². The number of anilines is 1. The number of ether oxygens (including phenoxy) is 2. The molecule has 7 heteroatoms. The van der Waals surface area contributed by atoms with Crippen LogP contribution in [0.4, 0.5) is 5.69 Å². The maximum Gasteiger partial charge on any atom is 0.189 e. The number of quaternary nitrogens is 1. The van der Waals surface area contributed by atoms with E-state index in [0.717, 1.165) is 58.9 Å². The monoisotopic (exact) mass is 538 g/mol. The van der Waals surface area contributed by atoms with Crippen molar-refractivity contribution in [3.05, 3.63) is 93.5 Å². The molecule has 1 fully saturated rings. The molecule has 0 unspecified atom stereocenters. The first kappa shape index (κ1) is 27.1. The lowest BCUT2D eigenvalue weighted by Crippen LogP contribution is -3.00. The van der Waals surface area contributed by atoms with Gasteiger partial charge in [0.05, 0.1) is 47.4 Å². The smallest absolute Gasteiger partial charge is 0.189 e. The number of piperazine rings is 1. The van der Waals surface area contributed by atoms with Gasteiger partial charge in [0.15, 0.2) is 17.3 Å². The van der Waals surface area contributed by atoms with Gasteiger partial charge >= 0.3 is 0 Å². The van der Waals surface area contributed by atoms with Crippen molar-refractivity contribution in [3.8, 4) is 11.5 Å². The van der Waals surface area contributed by atoms with Gasteiger partial charge in [-0.1, -0.05) is 41.9 Å². The molecular weight excluding hydrogens is 507 g/mol. The zero-order chi connectivity index (χ0) is 25.3. The minimum Gasteiger partial charge on any atom is -1.00 e. The van der Waals surface area contributed by atoms with Crippen LogP contribution >= 0.6 is 11.6 Å². The molecule has 1 heterocycles. The van der Waals surface area contributed by atoms with Crippen LogP contribution in [-0.2, 0) is 13.0 Å². The number of likely N-dealkylation sites (N-methyl/N-ethyl adjacent to an activating group) is 1. The fourth-order valence-corrected chi connectivity index (χ4v) is 5.43. The number of methoxy groups -OCH3 is 2. The number of carbonyl (C=O) groups is 1. The minimum atomic E-state index is 0. The number of halogens is 2. The van der Waals surface area contributed by atoms with Gasteiger partial charge in [0.2, 0.25) is 0 Å². The molecule has 5 rings (SSSR count). The van der Waals surface area contributed by atoms with Crippen LogP contribution in [-0.4, -0.2) is 57.7 Å². The highest BCUT2D eigenvalue weighted by molar-refractivity contribution is 6.31. The van der Waals surface area contributed by atoms with Crippen LogP contribution in [0.2, 0.25) is 5.02 Å². The van der Waals surface area contributed by atoms with E-state index in [1.54, 1.807) is 20.3 Å². The number of ketones is 1. The molecule has 194 valence electrons. The minimum absolute atomic E-state index is 0. The Bertz CT molecular complexity index is 1310. The van der Waals surface area contributed by atoms with Crippen LogP contribution in [0, 0.1) is 0 Å². The molecule has 3 aromatic carbocycles. The van der Waals surface area contributed by atoms with Gasteiger partial charge in [-0.2, -0.15) is 0 Å². The van der Waals surface area contributed by atoms with E-state index >= 15 is 0 Å². The van der Waals surface area contributed by atoms with Gasteiger partial charge in [0.25, 0.3) is 0 Å². The number of nitrogens with zero attached hydrogens (tertiary/aromatic N) is 2. The first-order valence-electron chi connectivity index (χ1n) is 12.3. The van der Waals surface area contributed by atoms with Crippen LogP contribution < -0.4 is 26.8 Å². The highest BCUT2D eigenvalue weighted by atomic mass is 35.5. The molecule has 0 amide bonds. The van der Waals surface area contributed by atoms with E-state index in [2.05, 4.69) is 48.3 Å². The number of hydrogen-bond acceptors (Lipinski definition) is 4. The molecule has 0 N–H and O–H groups in total. The number of rotatable bonds is 6. The van der Waals surface area contributed by atoms with Crippen LogP contribution in [0.15, 0.2) is 66.2 Å². The number of hydrogen-bond donors (Lipinski definition) is 0. The fraction of sp³-hybridized carbons (Fsp3) is 0.300. The lowest BCUT2D eigenvalue weighted by Gasteiger charge is -2.43. The molecule has 5 nitrogen and oxygen atoms in total. The van der Waals surface area contributed by atoms with Crippen molar-refractivity contribution in [1.82, 2.24) is 0 Å². The highest BCUT2D eigenvalue weighted by Crippen LogP contribution is 2.37. The predicted molar refractivity (Wildman–Crippen MR) is 145 cm³/mol. The van der Waals surface area contributed by atoms with Gasteiger partial charge in [-0.05, 0) is 47.5 Å². The maximum absolute atomic E-state index is 13.0. The van der Waals surface area contributed by atoms with Gasteiger partial charge in [-0.25, -0.2) is 0 Å². The average Bonchev–Trinajstić information content (AvgIpc) is 3.19. The van der Waals surface area contributed by atoms with E-state index in [-0.39, 0.29) is 18.2 Å². The zero-order valence-electron chi connectivity index (χ0n) is 21.5. The molecule has 37 heavy (non-hydrogen) atoms. The number of benzene rings is 3. The van der Waals surface area contributed by atoms with Crippen molar-refractivity contribution in [2.45, 2.75) is 13.0 Å². The standard InChI is InChI=1S/C30H32ClN2O3.ClH/c1-33(20-22-6-4-5-7-27(22)31)14-12-32(13-15-33)25-10-8-21(9-11-25)16-24-17-23-18-28(35-2)29(36-3)19-26(23)30(24)34;/h4-11,16,18-19H,12-15,17,20H2,1-3H3;1H/q+1;/p-1/b24-16+;. The lowest BCUT2D eigenvalue weighted by molar-refractivity contribution is -0.923. The van der Waals surface area contributed by atoms with E-state index < -0.39 is 0 Å². The Morgan fingerprint density at radius 2 is 1.62 bits per heavy atom. The SMILES string of the molecule is COc1cc2c(cc1OC)C(=O)/C(=C/c1ccc(N3CC[N+](C)(Cc4ccccc4Cl)CC3)cc1)C2.[Cl-]. The van der Waals surface area contributed by atoms with Gasteiger partial charge in [0.1, 0.15) is 6.54 Å². The second-order valence-corrected chi connectivity index (χ2v) is 10.3. The third kappa shape index (κ3) is 5.64. The maximum atomic E-state index is 13.0. The predicted octanol–water partition coefficient (Wildman–Crippen LogP) is 2.65. The van der Waals surface area contributed by atoms with Crippen LogP contribution in [0.25, 0.3) is 6.08 Å². The summed E-state index contributed by atoms with van der Waals surface area (Å²) in [6, 6.07) is 20.4. The molecule has 0 radical (unpaired) electrons. The van der Waals surface area contributed by atoms with Crippen molar-refractivity contribution < 1.29 is 31.2 Å². The Balaban J connectivity index is 0.00000320. The molecule has 0 spiro atoms. The Labute approximate surface area is 230 Å². The van der Waals surface area contributed by atoms with Crippen LogP contribution in [0.5, 0.6) is 11.5 Å². The Morgan fingerprint density at radius 1 is 0.973 bits per heavy atom. The van der Waals surface area contributed by atoms with Crippen molar-refractivity contribution in [1.29, 1.82) is 0 Å². The fourth-order valence-electron chi connectivity index (χ4n) is 5.24. The Morgan fingerprint density at radius 3 is 2.27 bits per heavy atom. The molecule has 0 saturated carbocycles. The van der Waals surface area contributed by atoms with Crippen LogP contribution in [0.3, 0.4) is 0 Å². The van der Waals surface area contributed by atoms with E-state index in [9.17, 15) is 4.79 Å². The normalized spacial score (nSPS) is 17.4. The van der Waals surface area contributed by atoms with Gasteiger partial charge in [0, 0.05) is 33.8 Å². The summed E-state index contributed by atoms with van der Waals surface area (Å²) in [5.41, 5.74) is 5.93. The zero-order valence-corrected chi connectivity index (χ0v) is 23.0. The number of carbonyl (C=O) groups excluding carboxylic acids is 1. The molecule has 0 aromatic heterocycles.